The van der Waals surface area contributed by atoms with Gasteiger partial charge in [-0.1, -0.05) is 0 Å². The molecular formula is C17H22N2O3S. The molecule has 1 aromatic heterocycles. The molecule has 2 amide bonds. The summed E-state index contributed by atoms with van der Waals surface area (Å²) in [5, 5.41) is 13.4. The smallest absolute Gasteiger partial charge is 0.235 e. The summed E-state index contributed by atoms with van der Waals surface area (Å²) in [4.78, 5) is 29.4. The lowest BCUT2D eigenvalue weighted by Gasteiger charge is -2.42. The Bertz CT molecular complexity index is 611. The van der Waals surface area contributed by atoms with Crippen molar-refractivity contribution in [2.45, 2.75) is 38.2 Å². The lowest BCUT2D eigenvalue weighted by atomic mass is 9.76. The lowest BCUT2D eigenvalue weighted by molar-refractivity contribution is -0.147. The van der Waals surface area contributed by atoms with Crippen LogP contribution in [0.25, 0.3) is 0 Å². The van der Waals surface area contributed by atoms with Gasteiger partial charge < -0.3 is 14.9 Å². The Kier molecular flexibility index (Phi) is 3.69. The Morgan fingerprint density at radius 2 is 2.13 bits per heavy atom. The number of aliphatic hydroxyl groups excluding tert-OH is 1. The van der Waals surface area contributed by atoms with Crippen molar-refractivity contribution >= 4 is 28.8 Å². The van der Waals surface area contributed by atoms with E-state index in [9.17, 15) is 14.7 Å². The van der Waals surface area contributed by atoms with Crippen molar-refractivity contribution in [1.29, 1.82) is 0 Å². The van der Waals surface area contributed by atoms with Gasteiger partial charge in [0.05, 0.1) is 17.2 Å². The van der Waals surface area contributed by atoms with Gasteiger partial charge in [-0.15, -0.1) is 0 Å². The summed E-state index contributed by atoms with van der Waals surface area (Å²) in [5.74, 6) is 0.280. The number of carbonyl (C=O) groups is 2. The molecule has 3 fully saturated rings. The van der Waals surface area contributed by atoms with E-state index in [1.165, 1.54) is 0 Å². The number of hydrogen-bond acceptors (Lipinski definition) is 4. The van der Waals surface area contributed by atoms with Gasteiger partial charge in [0.25, 0.3) is 0 Å². The zero-order valence-electron chi connectivity index (χ0n) is 13.1. The molecule has 6 heteroatoms. The molecule has 124 valence electrons. The largest absolute Gasteiger partial charge is 0.393 e. The average molecular weight is 334 g/mol. The van der Waals surface area contributed by atoms with E-state index in [2.05, 4.69) is 0 Å². The quantitative estimate of drug-likeness (QED) is 0.898. The van der Waals surface area contributed by atoms with Crippen LogP contribution < -0.4 is 4.90 Å². The number of amides is 2. The molecule has 4 rings (SSSR count). The lowest BCUT2D eigenvalue weighted by Crippen LogP contribution is -2.53. The van der Waals surface area contributed by atoms with Crippen LogP contribution in [0, 0.1) is 11.3 Å². The molecule has 2 saturated heterocycles. The van der Waals surface area contributed by atoms with Gasteiger partial charge in [-0.05, 0) is 43.6 Å². The summed E-state index contributed by atoms with van der Waals surface area (Å²) in [6.45, 7) is 2.05. The minimum atomic E-state index is -0.391. The first-order valence-electron chi connectivity index (χ1n) is 8.40. The minimum absolute atomic E-state index is 0.0374. The molecule has 1 saturated carbocycles. The predicted octanol–water partition coefficient (Wildman–Crippen LogP) is 1.86. The zero-order valence-corrected chi connectivity index (χ0v) is 13.9. The van der Waals surface area contributed by atoms with Crippen LogP contribution in [0.3, 0.4) is 0 Å². The number of likely N-dealkylation sites (tertiary alicyclic amines) is 1. The second-order valence-electron chi connectivity index (χ2n) is 7.15. The topological polar surface area (TPSA) is 60.9 Å². The van der Waals surface area contributed by atoms with Gasteiger partial charge in [0, 0.05) is 30.9 Å². The van der Waals surface area contributed by atoms with Crippen LogP contribution in [0.1, 0.15) is 32.1 Å². The third-order valence-corrected chi connectivity index (χ3v) is 6.35. The van der Waals surface area contributed by atoms with E-state index in [0.717, 1.165) is 38.0 Å². The summed E-state index contributed by atoms with van der Waals surface area (Å²) in [6, 6.07) is 1.99. The Balaban J connectivity index is 1.48. The van der Waals surface area contributed by atoms with Crippen LogP contribution in [0.2, 0.25) is 0 Å². The maximum atomic E-state index is 13.0. The highest BCUT2D eigenvalue weighted by atomic mass is 32.1. The Morgan fingerprint density at radius 1 is 1.30 bits per heavy atom. The molecule has 1 aliphatic carbocycles. The standard InChI is InChI=1S/C17H22N2O3S/c20-14-8-12(9-14)15(21)18-5-1-3-17(11-18)4-6-19(16(17)22)13-2-7-23-10-13/h2,7,10,12,14,20H,1,3-6,8-9,11H2. The molecule has 3 aliphatic rings. The van der Waals surface area contributed by atoms with Crippen molar-refractivity contribution in [3.05, 3.63) is 16.8 Å². The summed E-state index contributed by atoms with van der Waals surface area (Å²) in [7, 11) is 0. The molecule has 23 heavy (non-hydrogen) atoms. The van der Waals surface area contributed by atoms with E-state index in [0.29, 0.717) is 19.4 Å². The van der Waals surface area contributed by atoms with E-state index in [4.69, 9.17) is 0 Å². The number of hydrogen-bond donors (Lipinski definition) is 1. The fourth-order valence-corrected chi connectivity index (χ4v) is 4.87. The van der Waals surface area contributed by atoms with Crippen LogP contribution in [0.5, 0.6) is 0 Å². The average Bonchev–Trinajstić information content (AvgIpc) is 3.14. The molecule has 1 N–H and O–H groups in total. The van der Waals surface area contributed by atoms with Gasteiger partial charge in [-0.25, -0.2) is 0 Å². The highest BCUT2D eigenvalue weighted by Gasteiger charge is 2.51. The summed E-state index contributed by atoms with van der Waals surface area (Å²) in [6.07, 6.45) is 3.45. The molecule has 1 unspecified atom stereocenters. The normalized spacial score (nSPS) is 34.0. The van der Waals surface area contributed by atoms with Crippen molar-refractivity contribution in [3.63, 3.8) is 0 Å². The molecule has 1 spiro atoms. The Labute approximate surface area is 139 Å². The van der Waals surface area contributed by atoms with Crippen molar-refractivity contribution in [2.24, 2.45) is 11.3 Å². The zero-order chi connectivity index (χ0) is 16.0. The van der Waals surface area contributed by atoms with E-state index >= 15 is 0 Å². The number of anilines is 1. The van der Waals surface area contributed by atoms with Gasteiger partial charge in [-0.3, -0.25) is 9.59 Å². The van der Waals surface area contributed by atoms with E-state index in [1.807, 2.05) is 26.6 Å². The van der Waals surface area contributed by atoms with Crippen LogP contribution in [0.15, 0.2) is 16.8 Å². The fraction of sp³-hybridized carbons (Fsp3) is 0.647. The summed E-state index contributed by atoms with van der Waals surface area (Å²) >= 11 is 1.60. The molecule has 0 bridgehead atoms. The highest BCUT2D eigenvalue weighted by molar-refractivity contribution is 7.08. The fourth-order valence-electron chi connectivity index (χ4n) is 4.22. The Morgan fingerprint density at radius 3 is 2.83 bits per heavy atom. The molecule has 3 heterocycles. The Hall–Kier alpha value is -1.40. The van der Waals surface area contributed by atoms with Crippen molar-refractivity contribution in [2.75, 3.05) is 24.5 Å². The second-order valence-corrected chi connectivity index (χ2v) is 7.93. The molecular weight excluding hydrogens is 312 g/mol. The van der Waals surface area contributed by atoms with Gasteiger partial charge in [0.2, 0.25) is 11.8 Å². The number of aliphatic hydroxyl groups is 1. The molecule has 0 radical (unpaired) electrons. The molecule has 1 atom stereocenters. The van der Waals surface area contributed by atoms with E-state index < -0.39 is 5.41 Å². The van der Waals surface area contributed by atoms with Crippen LogP contribution >= 0.6 is 11.3 Å². The first-order chi connectivity index (χ1) is 11.1. The highest BCUT2D eigenvalue weighted by Crippen LogP contribution is 2.43. The molecule has 5 nitrogen and oxygen atoms in total. The molecule has 1 aromatic rings. The van der Waals surface area contributed by atoms with Crippen molar-refractivity contribution < 1.29 is 14.7 Å². The number of nitrogens with zero attached hydrogens (tertiary/aromatic N) is 2. The predicted molar refractivity (Wildman–Crippen MR) is 88.3 cm³/mol. The van der Waals surface area contributed by atoms with Gasteiger partial charge >= 0.3 is 0 Å². The summed E-state index contributed by atoms with van der Waals surface area (Å²) < 4.78 is 0. The third-order valence-electron chi connectivity index (χ3n) is 5.68. The second kappa shape index (κ2) is 5.60. The maximum absolute atomic E-state index is 13.0. The van der Waals surface area contributed by atoms with Crippen LogP contribution in [-0.4, -0.2) is 47.6 Å². The van der Waals surface area contributed by atoms with Crippen LogP contribution in [0.4, 0.5) is 5.69 Å². The molecule has 0 aromatic carbocycles. The van der Waals surface area contributed by atoms with E-state index in [-0.39, 0.29) is 23.8 Å². The minimum Gasteiger partial charge on any atom is -0.393 e. The number of thiophene rings is 1. The number of piperidine rings is 1. The van der Waals surface area contributed by atoms with Gasteiger partial charge in [0.15, 0.2) is 0 Å². The number of rotatable bonds is 2. The van der Waals surface area contributed by atoms with Gasteiger partial charge in [-0.2, -0.15) is 11.3 Å². The van der Waals surface area contributed by atoms with Crippen molar-refractivity contribution in [1.82, 2.24) is 4.90 Å². The third kappa shape index (κ3) is 2.48. The number of carbonyl (C=O) groups excluding carboxylic acids is 2. The van der Waals surface area contributed by atoms with Crippen LogP contribution in [-0.2, 0) is 9.59 Å². The van der Waals surface area contributed by atoms with Gasteiger partial charge in [0.1, 0.15) is 0 Å². The molecule has 2 aliphatic heterocycles. The first kappa shape index (κ1) is 15.1. The first-order valence-corrected chi connectivity index (χ1v) is 9.34. The summed E-state index contributed by atoms with van der Waals surface area (Å²) in [5.41, 5.74) is 0.598. The monoisotopic (exact) mass is 334 g/mol. The SMILES string of the molecule is O=C(C1CC(O)C1)N1CCCC2(CCN(c3ccsc3)C2=O)C1. The van der Waals surface area contributed by atoms with Crippen molar-refractivity contribution in [3.8, 4) is 0 Å². The maximum Gasteiger partial charge on any atom is 0.235 e. The van der Waals surface area contributed by atoms with E-state index in [1.54, 1.807) is 11.3 Å².